The van der Waals surface area contributed by atoms with Crippen molar-refractivity contribution >= 4 is 5.91 Å². The van der Waals surface area contributed by atoms with Crippen molar-refractivity contribution in [2.45, 2.75) is 19.0 Å². The summed E-state index contributed by atoms with van der Waals surface area (Å²) in [4.78, 5) is 13.3. The molecule has 0 aliphatic carbocycles. The molecule has 3 N–H and O–H groups in total. The zero-order valence-corrected chi connectivity index (χ0v) is 10.3. The van der Waals surface area contributed by atoms with Gasteiger partial charge in [-0.3, -0.25) is 14.9 Å². The van der Waals surface area contributed by atoms with Crippen LogP contribution in [0.25, 0.3) is 0 Å². The van der Waals surface area contributed by atoms with Gasteiger partial charge in [0, 0.05) is 25.7 Å². The van der Waals surface area contributed by atoms with Gasteiger partial charge in [-0.15, -0.1) is 0 Å². The standard InChI is InChI=1S/C13H19N3O2/c17-13(15-18)8-14-12-6-7-16(10-12)9-11-4-2-1-3-5-11/h1-5,12,14,18H,6-10H2,(H,15,17)/t12-/m0/s1. The third-order valence-electron chi connectivity index (χ3n) is 3.20. The minimum Gasteiger partial charge on any atom is -0.304 e. The smallest absolute Gasteiger partial charge is 0.257 e. The Bertz CT molecular complexity index is 383. The summed E-state index contributed by atoms with van der Waals surface area (Å²) >= 11 is 0. The zero-order chi connectivity index (χ0) is 12.8. The average molecular weight is 249 g/mol. The predicted octanol–water partition coefficient (Wildman–Crippen LogP) is 0.356. The van der Waals surface area contributed by atoms with Crippen LogP contribution in [0, 0.1) is 0 Å². The first-order valence-electron chi connectivity index (χ1n) is 6.20. The third-order valence-corrected chi connectivity index (χ3v) is 3.20. The second-order valence-electron chi connectivity index (χ2n) is 4.62. The molecule has 98 valence electrons. The molecule has 1 heterocycles. The van der Waals surface area contributed by atoms with Crippen LogP contribution in [0.2, 0.25) is 0 Å². The molecule has 0 unspecified atom stereocenters. The van der Waals surface area contributed by atoms with Crippen molar-refractivity contribution in [3.63, 3.8) is 0 Å². The fraction of sp³-hybridized carbons (Fsp3) is 0.462. The van der Waals surface area contributed by atoms with Crippen molar-refractivity contribution < 1.29 is 10.0 Å². The number of hydrogen-bond donors (Lipinski definition) is 3. The summed E-state index contributed by atoms with van der Waals surface area (Å²) in [6.07, 6.45) is 1.03. The number of amides is 1. The van der Waals surface area contributed by atoms with Crippen molar-refractivity contribution in [1.82, 2.24) is 15.7 Å². The maximum absolute atomic E-state index is 10.9. The largest absolute Gasteiger partial charge is 0.304 e. The number of nitrogens with zero attached hydrogens (tertiary/aromatic N) is 1. The Morgan fingerprint density at radius 1 is 1.39 bits per heavy atom. The second kappa shape index (κ2) is 6.49. The van der Waals surface area contributed by atoms with Crippen molar-refractivity contribution in [3.05, 3.63) is 35.9 Å². The molecule has 18 heavy (non-hydrogen) atoms. The summed E-state index contributed by atoms with van der Waals surface area (Å²) in [5, 5.41) is 11.5. The van der Waals surface area contributed by atoms with E-state index in [0.29, 0.717) is 6.04 Å². The number of rotatable bonds is 5. The van der Waals surface area contributed by atoms with Gasteiger partial charge in [-0.1, -0.05) is 30.3 Å². The van der Waals surface area contributed by atoms with Gasteiger partial charge in [-0.25, -0.2) is 5.48 Å². The summed E-state index contributed by atoms with van der Waals surface area (Å²) in [6.45, 7) is 3.09. The van der Waals surface area contributed by atoms with E-state index < -0.39 is 5.91 Å². The summed E-state index contributed by atoms with van der Waals surface area (Å²) in [5.74, 6) is -0.392. The molecular formula is C13H19N3O2. The maximum Gasteiger partial charge on any atom is 0.257 e. The second-order valence-corrected chi connectivity index (χ2v) is 4.62. The lowest BCUT2D eigenvalue weighted by Crippen LogP contribution is -2.39. The molecule has 2 rings (SSSR count). The van der Waals surface area contributed by atoms with E-state index in [1.165, 1.54) is 5.56 Å². The first-order chi connectivity index (χ1) is 8.78. The molecule has 1 fully saturated rings. The lowest BCUT2D eigenvalue weighted by atomic mass is 10.2. The van der Waals surface area contributed by atoms with E-state index in [9.17, 15) is 4.79 Å². The van der Waals surface area contributed by atoms with Crippen LogP contribution < -0.4 is 10.8 Å². The quantitative estimate of drug-likeness (QED) is 0.520. The molecule has 1 atom stereocenters. The molecule has 1 saturated heterocycles. The van der Waals surface area contributed by atoms with Crippen LogP contribution in [0.1, 0.15) is 12.0 Å². The van der Waals surface area contributed by atoms with Crippen LogP contribution in [-0.4, -0.2) is 41.7 Å². The van der Waals surface area contributed by atoms with Crippen LogP contribution >= 0.6 is 0 Å². The van der Waals surface area contributed by atoms with Gasteiger partial charge in [0.2, 0.25) is 0 Å². The minimum atomic E-state index is -0.392. The van der Waals surface area contributed by atoms with Crippen molar-refractivity contribution in [2.75, 3.05) is 19.6 Å². The fourth-order valence-corrected chi connectivity index (χ4v) is 2.26. The van der Waals surface area contributed by atoms with Crippen LogP contribution in [0.5, 0.6) is 0 Å². The fourth-order valence-electron chi connectivity index (χ4n) is 2.26. The van der Waals surface area contributed by atoms with E-state index in [1.54, 1.807) is 5.48 Å². The molecule has 0 spiro atoms. The third kappa shape index (κ3) is 3.80. The monoisotopic (exact) mass is 249 g/mol. The molecule has 5 heteroatoms. The summed E-state index contributed by atoms with van der Waals surface area (Å²) in [5.41, 5.74) is 2.94. The highest BCUT2D eigenvalue weighted by molar-refractivity contribution is 5.76. The first-order valence-corrected chi connectivity index (χ1v) is 6.20. The normalized spacial score (nSPS) is 19.9. The van der Waals surface area contributed by atoms with Crippen LogP contribution in [0.15, 0.2) is 30.3 Å². The number of carbonyl (C=O) groups is 1. The van der Waals surface area contributed by atoms with Crippen molar-refractivity contribution in [3.8, 4) is 0 Å². The van der Waals surface area contributed by atoms with E-state index in [1.807, 2.05) is 18.2 Å². The van der Waals surface area contributed by atoms with Gasteiger partial charge in [0.25, 0.3) is 5.91 Å². The van der Waals surface area contributed by atoms with Crippen LogP contribution in [0.3, 0.4) is 0 Å². The molecule has 1 aromatic rings. The van der Waals surface area contributed by atoms with Crippen LogP contribution in [0.4, 0.5) is 0 Å². The molecule has 0 aromatic heterocycles. The van der Waals surface area contributed by atoms with Gasteiger partial charge in [0.15, 0.2) is 0 Å². The van der Waals surface area contributed by atoms with E-state index in [4.69, 9.17) is 5.21 Å². The molecular weight excluding hydrogens is 230 g/mol. The topological polar surface area (TPSA) is 64.6 Å². The Kier molecular flexibility index (Phi) is 4.69. The molecule has 0 saturated carbocycles. The Morgan fingerprint density at radius 2 is 2.17 bits per heavy atom. The Labute approximate surface area is 107 Å². The van der Waals surface area contributed by atoms with Gasteiger partial charge in [0.05, 0.1) is 6.54 Å². The van der Waals surface area contributed by atoms with Gasteiger partial charge in [-0.05, 0) is 12.0 Å². The number of likely N-dealkylation sites (tertiary alicyclic amines) is 1. The SMILES string of the molecule is O=C(CN[C@H]1CCN(Cc2ccccc2)C1)NO. The first kappa shape index (κ1) is 13.0. The predicted molar refractivity (Wildman–Crippen MR) is 68.1 cm³/mol. The van der Waals surface area contributed by atoms with E-state index >= 15 is 0 Å². The number of hydroxylamine groups is 1. The van der Waals surface area contributed by atoms with E-state index in [2.05, 4.69) is 22.3 Å². The van der Waals surface area contributed by atoms with Crippen molar-refractivity contribution in [1.29, 1.82) is 0 Å². The molecule has 0 bridgehead atoms. The number of nitrogens with one attached hydrogen (secondary N) is 2. The van der Waals surface area contributed by atoms with E-state index in [-0.39, 0.29) is 6.54 Å². The molecule has 0 radical (unpaired) electrons. The minimum absolute atomic E-state index is 0.167. The zero-order valence-electron chi connectivity index (χ0n) is 10.3. The lowest BCUT2D eigenvalue weighted by Gasteiger charge is -2.16. The Balaban J connectivity index is 1.73. The maximum atomic E-state index is 10.9. The van der Waals surface area contributed by atoms with Gasteiger partial charge in [-0.2, -0.15) is 0 Å². The molecule has 1 aliphatic rings. The van der Waals surface area contributed by atoms with Gasteiger partial charge >= 0.3 is 0 Å². The summed E-state index contributed by atoms with van der Waals surface area (Å²) in [6, 6.07) is 10.7. The molecule has 1 amide bonds. The Morgan fingerprint density at radius 3 is 2.89 bits per heavy atom. The number of benzene rings is 1. The summed E-state index contributed by atoms with van der Waals surface area (Å²) in [7, 11) is 0. The van der Waals surface area contributed by atoms with Crippen molar-refractivity contribution in [2.24, 2.45) is 0 Å². The van der Waals surface area contributed by atoms with Gasteiger partial charge in [0.1, 0.15) is 0 Å². The average Bonchev–Trinajstić information content (AvgIpc) is 2.85. The summed E-state index contributed by atoms with van der Waals surface area (Å²) < 4.78 is 0. The number of hydrogen-bond acceptors (Lipinski definition) is 4. The molecule has 1 aliphatic heterocycles. The highest BCUT2D eigenvalue weighted by atomic mass is 16.5. The lowest BCUT2D eigenvalue weighted by molar-refractivity contribution is -0.128. The van der Waals surface area contributed by atoms with Gasteiger partial charge < -0.3 is 5.32 Å². The molecule has 5 nitrogen and oxygen atoms in total. The Hall–Kier alpha value is -1.43. The van der Waals surface area contributed by atoms with E-state index in [0.717, 1.165) is 26.1 Å². The molecule has 1 aromatic carbocycles. The van der Waals surface area contributed by atoms with Crippen LogP contribution in [-0.2, 0) is 11.3 Å². The highest BCUT2D eigenvalue weighted by Gasteiger charge is 2.22. The number of carbonyl (C=O) groups excluding carboxylic acids is 1. The highest BCUT2D eigenvalue weighted by Crippen LogP contribution is 2.13.